The van der Waals surface area contributed by atoms with Crippen LogP contribution in [0.3, 0.4) is 0 Å². The van der Waals surface area contributed by atoms with E-state index < -0.39 is 0 Å². The number of ether oxygens (including phenoxy) is 1. The van der Waals surface area contributed by atoms with Crippen LogP contribution in [0.15, 0.2) is 29.6 Å². The third kappa shape index (κ3) is 3.55. The largest absolute Gasteiger partial charge is 0.497 e. The number of amides is 1. The molecule has 4 nitrogen and oxygen atoms in total. The lowest BCUT2D eigenvalue weighted by molar-refractivity contribution is -0.117. The minimum Gasteiger partial charge on any atom is -0.497 e. The molecule has 1 aliphatic carbocycles. The van der Waals surface area contributed by atoms with Crippen molar-refractivity contribution < 1.29 is 9.53 Å². The molecule has 2 unspecified atom stereocenters. The highest BCUT2D eigenvalue weighted by molar-refractivity contribution is 7.13. The predicted molar refractivity (Wildman–Crippen MR) is 93.3 cm³/mol. The highest BCUT2D eigenvalue weighted by Gasteiger charge is 2.44. The van der Waals surface area contributed by atoms with E-state index in [9.17, 15) is 4.79 Å². The first-order valence-electron chi connectivity index (χ1n) is 7.79. The molecule has 1 aromatic heterocycles. The molecule has 2 aromatic rings. The number of thiazole rings is 1. The maximum absolute atomic E-state index is 12.4. The molecule has 1 aromatic carbocycles. The Bertz CT molecular complexity index is 718. The lowest BCUT2D eigenvalue weighted by Gasteiger charge is -2.14. The number of carbonyl (C=O) groups excluding carboxylic acids is 1. The molecule has 0 saturated heterocycles. The summed E-state index contributed by atoms with van der Waals surface area (Å²) in [5, 5.41) is 5.67. The first-order valence-corrected chi connectivity index (χ1v) is 8.67. The first-order chi connectivity index (χ1) is 10.9. The molecule has 0 aliphatic heterocycles. The smallest absolute Gasteiger partial charge is 0.229 e. The minimum absolute atomic E-state index is 0.00217. The van der Waals surface area contributed by atoms with Gasteiger partial charge in [0.05, 0.1) is 12.8 Å². The number of methoxy groups -OCH3 is 1. The van der Waals surface area contributed by atoms with Crippen LogP contribution in [-0.2, 0) is 10.2 Å². The van der Waals surface area contributed by atoms with Crippen LogP contribution in [0.1, 0.15) is 44.4 Å². The van der Waals surface area contributed by atoms with E-state index in [-0.39, 0.29) is 23.2 Å². The number of hydrogen-bond donors (Lipinski definition) is 1. The minimum atomic E-state index is 0.00217. The van der Waals surface area contributed by atoms with E-state index in [2.05, 4.69) is 37.1 Å². The summed E-state index contributed by atoms with van der Waals surface area (Å²) in [6.45, 7) is 6.36. The van der Waals surface area contributed by atoms with Crippen molar-refractivity contribution in [2.45, 2.75) is 38.5 Å². The summed E-state index contributed by atoms with van der Waals surface area (Å²) in [4.78, 5) is 16.9. The summed E-state index contributed by atoms with van der Waals surface area (Å²) in [6.07, 6.45) is 0.885. The lowest BCUT2D eigenvalue weighted by atomic mass is 9.93. The van der Waals surface area contributed by atoms with Crippen LogP contribution in [0.5, 0.6) is 5.75 Å². The molecule has 1 aliphatic rings. The fourth-order valence-electron chi connectivity index (χ4n) is 2.60. The van der Waals surface area contributed by atoms with Gasteiger partial charge in [0.2, 0.25) is 5.91 Å². The Morgan fingerprint density at radius 3 is 2.83 bits per heavy atom. The van der Waals surface area contributed by atoms with E-state index >= 15 is 0 Å². The summed E-state index contributed by atoms with van der Waals surface area (Å²) in [5.74, 6) is 1.21. The van der Waals surface area contributed by atoms with Crippen molar-refractivity contribution in [2.75, 3.05) is 12.4 Å². The van der Waals surface area contributed by atoms with Crippen LogP contribution >= 0.6 is 11.3 Å². The molecule has 1 saturated carbocycles. The quantitative estimate of drug-likeness (QED) is 0.914. The van der Waals surface area contributed by atoms with Crippen LogP contribution in [0, 0.1) is 5.92 Å². The van der Waals surface area contributed by atoms with E-state index in [4.69, 9.17) is 4.74 Å². The molecule has 3 rings (SSSR count). The van der Waals surface area contributed by atoms with Crippen molar-refractivity contribution in [1.82, 2.24) is 4.98 Å². The highest BCUT2D eigenvalue weighted by Crippen LogP contribution is 2.48. The molecule has 1 fully saturated rings. The van der Waals surface area contributed by atoms with Gasteiger partial charge >= 0.3 is 0 Å². The van der Waals surface area contributed by atoms with Gasteiger partial charge in [-0.2, -0.15) is 0 Å². The fraction of sp³-hybridized carbons (Fsp3) is 0.444. The second-order valence-electron chi connectivity index (χ2n) is 7.00. The summed E-state index contributed by atoms with van der Waals surface area (Å²) in [6, 6.07) is 7.96. The molecule has 5 heteroatoms. The zero-order valence-electron chi connectivity index (χ0n) is 13.9. The van der Waals surface area contributed by atoms with Gasteiger partial charge in [-0.1, -0.05) is 32.9 Å². The number of aromatic nitrogens is 1. The van der Waals surface area contributed by atoms with Crippen LogP contribution in [0.4, 0.5) is 5.13 Å². The summed E-state index contributed by atoms with van der Waals surface area (Å²) in [7, 11) is 1.66. The van der Waals surface area contributed by atoms with Crippen LogP contribution in [0.25, 0.3) is 0 Å². The molecule has 1 amide bonds. The van der Waals surface area contributed by atoms with Gasteiger partial charge < -0.3 is 10.1 Å². The standard InChI is InChI=1S/C18H22N2O2S/c1-18(2,3)15-10-23-17(19-15)20-16(21)14-9-13(14)11-6-5-7-12(8-11)22-4/h5-8,10,13-14H,9H2,1-4H3,(H,19,20,21). The van der Waals surface area contributed by atoms with Crippen molar-refractivity contribution in [3.63, 3.8) is 0 Å². The average molecular weight is 330 g/mol. The number of rotatable bonds is 4. The second-order valence-corrected chi connectivity index (χ2v) is 7.86. The van der Waals surface area contributed by atoms with E-state index in [1.807, 2.05) is 23.6 Å². The monoisotopic (exact) mass is 330 g/mol. The maximum atomic E-state index is 12.4. The Labute approximate surface area is 140 Å². The van der Waals surface area contributed by atoms with Gasteiger partial charge in [0, 0.05) is 16.7 Å². The number of anilines is 1. The first kappa shape index (κ1) is 16.0. The third-order valence-electron chi connectivity index (χ3n) is 4.15. The Hall–Kier alpha value is -1.88. The summed E-state index contributed by atoms with van der Waals surface area (Å²) in [5.41, 5.74) is 2.18. The molecule has 2 atom stereocenters. The van der Waals surface area contributed by atoms with Crippen LogP contribution in [-0.4, -0.2) is 18.0 Å². The van der Waals surface area contributed by atoms with Crippen LogP contribution < -0.4 is 10.1 Å². The van der Waals surface area contributed by atoms with Crippen molar-refractivity contribution in [3.8, 4) is 5.75 Å². The summed E-state index contributed by atoms with van der Waals surface area (Å²) < 4.78 is 5.25. The third-order valence-corrected chi connectivity index (χ3v) is 4.91. The molecule has 23 heavy (non-hydrogen) atoms. The Morgan fingerprint density at radius 2 is 2.17 bits per heavy atom. The Balaban J connectivity index is 1.63. The molecule has 1 N–H and O–H groups in total. The highest BCUT2D eigenvalue weighted by atomic mass is 32.1. The van der Waals surface area contributed by atoms with E-state index in [0.717, 1.165) is 17.9 Å². The number of benzene rings is 1. The molecule has 122 valence electrons. The second kappa shape index (κ2) is 5.96. The Morgan fingerprint density at radius 1 is 1.39 bits per heavy atom. The van der Waals surface area contributed by atoms with Crippen molar-refractivity contribution in [2.24, 2.45) is 5.92 Å². The zero-order valence-corrected chi connectivity index (χ0v) is 14.7. The Kier molecular flexibility index (Phi) is 4.15. The van der Waals surface area contributed by atoms with E-state index in [1.54, 1.807) is 7.11 Å². The SMILES string of the molecule is COc1cccc(C2CC2C(=O)Nc2nc(C(C)(C)C)cs2)c1. The van der Waals surface area contributed by atoms with Crippen LogP contribution in [0.2, 0.25) is 0 Å². The van der Waals surface area contributed by atoms with Gasteiger partial charge in [-0.15, -0.1) is 11.3 Å². The number of nitrogens with zero attached hydrogens (tertiary/aromatic N) is 1. The molecular weight excluding hydrogens is 308 g/mol. The molecule has 0 radical (unpaired) electrons. The van der Waals surface area contributed by atoms with Gasteiger partial charge in [-0.05, 0) is 30.0 Å². The molecule has 1 heterocycles. The molecule has 0 bridgehead atoms. The zero-order chi connectivity index (χ0) is 16.6. The van der Waals surface area contributed by atoms with Crippen molar-refractivity contribution >= 4 is 22.4 Å². The molecule has 0 spiro atoms. The number of carbonyl (C=O) groups is 1. The normalized spacial score (nSPS) is 20.2. The lowest BCUT2D eigenvalue weighted by Crippen LogP contribution is -2.16. The van der Waals surface area contributed by atoms with Gasteiger partial charge in [0.25, 0.3) is 0 Å². The maximum Gasteiger partial charge on any atom is 0.229 e. The fourth-order valence-corrected chi connectivity index (χ4v) is 3.54. The number of nitrogens with one attached hydrogen (secondary N) is 1. The van der Waals surface area contributed by atoms with Crippen molar-refractivity contribution in [3.05, 3.63) is 40.9 Å². The van der Waals surface area contributed by atoms with E-state index in [1.165, 1.54) is 16.9 Å². The van der Waals surface area contributed by atoms with Gasteiger partial charge in [0.1, 0.15) is 5.75 Å². The van der Waals surface area contributed by atoms with E-state index in [0.29, 0.717) is 5.13 Å². The van der Waals surface area contributed by atoms with Gasteiger partial charge in [0.15, 0.2) is 5.13 Å². The summed E-state index contributed by atoms with van der Waals surface area (Å²) >= 11 is 1.49. The number of hydrogen-bond acceptors (Lipinski definition) is 4. The van der Waals surface area contributed by atoms with Crippen molar-refractivity contribution in [1.29, 1.82) is 0 Å². The van der Waals surface area contributed by atoms with Gasteiger partial charge in [-0.3, -0.25) is 4.79 Å². The predicted octanol–water partition coefficient (Wildman–Crippen LogP) is 4.19. The topological polar surface area (TPSA) is 51.2 Å². The van der Waals surface area contributed by atoms with Gasteiger partial charge in [-0.25, -0.2) is 4.98 Å². The average Bonchev–Trinajstić information content (AvgIpc) is 3.18. The molecular formula is C18H22N2O2S.